The molecule has 4 heteroatoms. The van der Waals surface area contributed by atoms with Gasteiger partial charge in [0, 0.05) is 17.9 Å². The molecule has 1 fully saturated rings. The second-order valence-electron chi connectivity index (χ2n) is 6.67. The maximum atomic E-state index is 11.8. The molecule has 110 valence electrons. The number of rotatable bonds is 4. The first-order valence-electron chi connectivity index (χ1n) is 6.93. The van der Waals surface area contributed by atoms with Crippen LogP contribution in [0.5, 0.6) is 0 Å². The predicted octanol–water partition coefficient (Wildman–Crippen LogP) is 3.15. The Kier molecular flexibility index (Phi) is 3.44. The SMILES string of the molecule is COC(=O)c1cc(N)ccc1NCC1C(C)(C)C1(C)C. The third-order valence-corrected chi connectivity index (χ3v) is 5.27. The van der Waals surface area contributed by atoms with Gasteiger partial charge in [0.2, 0.25) is 0 Å². The zero-order valence-electron chi connectivity index (χ0n) is 12.9. The summed E-state index contributed by atoms with van der Waals surface area (Å²) in [5, 5.41) is 3.37. The van der Waals surface area contributed by atoms with Crippen molar-refractivity contribution in [3.05, 3.63) is 23.8 Å². The smallest absolute Gasteiger partial charge is 0.340 e. The summed E-state index contributed by atoms with van der Waals surface area (Å²) in [4.78, 5) is 11.8. The topological polar surface area (TPSA) is 64.3 Å². The van der Waals surface area contributed by atoms with Crippen molar-refractivity contribution in [2.45, 2.75) is 27.7 Å². The van der Waals surface area contributed by atoms with Gasteiger partial charge in [-0.2, -0.15) is 0 Å². The van der Waals surface area contributed by atoms with Crippen LogP contribution in [0.25, 0.3) is 0 Å². The Morgan fingerprint density at radius 1 is 1.30 bits per heavy atom. The molecule has 0 saturated heterocycles. The fourth-order valence-electron chi connectivity index (χ4n) is 3.05. The number of nitrogens with two attached hydrogens (primary N) is 1. The van der Waals surface area contributed by atoms with Crippen LogP contribution in [0.15, 0.2) is 18.2 Å². The summed E-state index contributed by atoms with van der Waals surface area (Å²) in [6, 6.07) is 5.28. The molecule has 0 atom stereocenters. The zero-order chi connectivity index (χ0) is 15.1. The first kappa shape index (κ1) is 14.7. The van der Waals surface area contributed by atoms with E-state index in [1.54, 1.807) is 12.1 Å². The van der Waals surface area contributed by atoms with Crippen LogP contribution in [0.4, 0.5) is 11.4 Å². The number of esters is 1. The van der Waals surface area contributed by atoms with E-state index in [0.717, 1.165) is 12.2 Å². The molecule has 1 aromatic carbocycles. The Balaban J connectivity index is 2.13. The molecule has 0 unspecified atom stereocenters. The molecule has 1 aliphatic rings. The Morgan fingerprint density at radius 2 is 1.90 bits per heavy atom. The minimum atomic E-state index is -0.367. The van der Waals surface area contributed by atoms with E-state index >= 15 is 0 Å². The molecule has 4 nitrogen and oxygen atoms in total. The largest absolute Gasteiger partial charge is 0.465 e. The van der Waals surface area contributed by atoms with Crippen LogP contribution in [0, 0.1) is 16.7 Å². The van der Waals surface area contributed by atoms with E-state index in [1.807, 2.05) is 6.07 Å². The highest BCUT2D eigenvalue weighted by molar-refractivity contribution is 5.96. The minimum absolute atomic E-state index is 0.319. The normalized spacial score (nSPS) is 19.4. The van der Waals surface area contributed by atoms with Gasteiger partial charge >= 0.3 is 5.97 Å². The van der Waals surface area contributed by atoms with Gasteiger partial charge in [-0.15, -0.1) is 0 Å². The van der Waals surface area contributed by atoms with Crippen LogP contribution in [-0.2, 0) is 4.74 Å². The molecule has 0 heterocycles. The molecule has 0 amide bonds. The van der Waals surface area contributed by atoms with Crippen molar-refractivity contribution < 1.29 is 9.53 Å². The Bertz CT molecular complexity index is 521. The summed E-state index contributed by atoms with van der Waals surface area (Å²) in [5.74, 6) is 0.215. The molecule has 1 saturated carbocycles. The van der Waals surface area contributed by atoms with Crippen LogP contribution in [0.2, 0.25) is 0 Å². The standard InChI is InChI=1S/C16H24N2O2/c1-15(2)13(16(15,3)4)9-18-12-7-6-10(17)8-11(12)14(19)20-5/h6-8,13,18H,9,17H2,1-5H3. The molecular formula is C16H24N2O2. The average molecular weight is 276 g/mol. The van der Waals surface area contributed by atoms with Crippen molar-refractivity contribution in [1.29, 1.82) is 0 Å². The summed E-state index contributed by atoms with van der Waals surface area (Å²) >= 11 is 0. The monoisotopic (exact) mass is 276 g/mol. The summed E-state index contributed by atoms with van der Waals surface area (Å²) < 4.78 is 4.80. The van der Waals surface area contributed by atoms with Gasteiger partial charge in [0.25, 0.3) is 0 Å². The second kappa shape index (κ2) is 4.69. The van der Waals surface area contributed by atoms with Gasteiger partial charge in [-0.3, -0.25) is 0 Å². The molecule has 0 spiro atoms. The van der Waals surface area contributed by atoms with Crippen molar-refractivity contribution in [2.75, 3.05) is 24.7 Å². The maximum absolute atomic E-state index is 11.8. The average Bonchev–Trinajstić information content (AvgIpc) is 2.77. The highest BCUT2D eigenvalue weighted by Crippen LogP contribution is 2.68. The highest BCUT2D eigenvalue weighted by atomic mass is 16.5. The van der Waals surface area contributed by atoms with Crippen LogP contribution in [0.3, 0.4) is 0 Å². The van der Waals surface area contributed by atoms with Crippen molar-refractivity contribution in [1.82, 2.24) is 0 Å². The van der Waals surface area contributed by atoms with Crippen LogP contribution >= 0.6 is 0 Å². The number of hydrogen-bond donors (Lipinski definition) is 2. The number of hydrogen-bond acceptors (Lipinski definition) is 4. The minimum Gasteiger partial charge on any atom is -0.465 e. The summed E-state index contributed by atoms with van der Waals surface area (Å²) in [7, 11) is 1.38. The Labute approximate surface area is 120 Å². The first-order valence-corrected chi connectivity index (χ1v) is 6.93. The zero-order valence-corrected chi connectivity index (χ0v) is 12.9. The Hall–Kier alpha value is -1.71. The van der Waals surface area contributed by atoms with Crippen molar-refractivity contribution in [3.63, 3.8) is 0 Å². The summed E-state index contributed by atoms with van der Waals surface area (Å²) in [6.45, 7) is 9.97. The third-order valence-electron chi connectivity index (χ3n) is 5.27. The van der Waals surface area contributed by atoms with Crippen molar-refractivity contribution >= 4 is 17.3 Å². The molecule has 1 aliphatic carbocycles. The Morgan fingerprint density at radius 3 is 2.40 bits per heavy atom. The van der Waals surface area contributed by atoms with Gasteiger partial charge in [0.1, 0.15) is 0 Å². The molecule has 20 heavy (non-hydrogen) atoms. The quantitative estimate of drug-likeness (QED) is 0.655. The van der Waals surface area contributed by atoms with E-state index in [2.05, 4.69) is 33.0 Å². The van der Waals surface area contributed by atoms with E-state index in [4.69, 9.17) is 10.5 Å². The molecule has 0 aromatic heterocycles. The number of carbonyl (C=O) groups is 1. The number of methoxy groups -OCH3 is 1. The van der Waals surface area contributed by atoms with Gasteiger partial charge in [0.15, 0.2) is 0 Å². The molecule has 1 aromatic rings. The van der Waals surface area contributed by atoms with Gasteiger partial charge in [0.05, 0.1) is 12.7 Å². The number of carbonyl (C=O) groups excluding carboxylic acids is 1. The molecule has 0 bridgehead atoms. The maximum Gasteiger partial charge on any atom is 0.340 e. The first-order chi connectivity index (χ1) is 9.21. The van der Waals surface area contributed by atoms with Crippen LogP contribution < -0.4 is 11.1 Å². The lowest BCUT2D eigenvalue weighted by Gasteiger charge is -2.12. The van der Waals surface area contributed by atoms with Crippen LogP contribution in [-0.4, -0.2) is 19.6 Å². The lowest BCUT2D eigenvalue weighted by atomic mass is 10.0. The number of ether oxygens (including phenoxy) is 1. The third kappa shape index (κ3) is 2.23. The van der Waals surface area contributed by atoms with Crippen LogP contribution in [0.1, 0.15) is 38.1 Å². The fourth-order valence-corrected chi connectivity index (χ4v) is 3.05. The summed E-state index contributed by atoms with van der Waals surface area (Å²) in [6.07, 6.45) is 0. The highest BCUT2D eigenvalue weighted by Gasteiger charge is 2.64. The van der Waals surface area contributed by atoms with E-state index in [0.29, 0.717) is 28.0 Å². The number of nitrogens with one attached hydrogen (secondary N) is 1. The number of anilines is 2. The van der Waals surface area contributed by atoms with E-state index < -0.39 is 0 Å². The summed E-state index contributed by atoms with van der Waals surface area (Å²) in [5.41, 5.74) is 8.21. The van der Waals surface area contributed by atoms with Crippen molar-refractivity contribution in [3.8, 4) is 0 Å². The second-order valence-corrected chi connectivity index (χ2v) is 6.67. The van der Waals surface area contributed by atoms with Gasteiger partial charge < -0.3 is 15.8 Å². The number of benzene rings is 1. The van der Waals surface area contributed by atoms with Gasteiger partial charge in [-0.05, 0) is 34.9 Å². The lowest BCUT2D eigenvalue weighted by molar-refractivity contribution is 0.0602. The lowest BCUT2D eigenvalue weighted by Crippen LogP contribution is -2.13. The molecule has 2 rings (SSSR count). The molecule has 0 radical (unpaired) electrons. The number of nitrogen functional groups attached to an aromatic ring is 1. The van der Waals surface area contributed by atoms with Gasteiger partial charge in [-0.25, -0.2) is 4.79 Å². The molecular weight excluding hydrogens is 252 g/mol. The van der Waals surface area contributed by atoms with E-state index in [9.17, 15) is 4.79 Å². The van der Waals surface area contributed by atoms with E-state index in [-0.39, 0.29) is 5.97 Å². The molecule has 3 N–H and O–H groups in total. The van der Waals surface area contributed by atoms with E-state index in [1.165, 1.54) is 7.11 Å². The molecule has 0 aliphatic heterocycles. The van der Waals surface area contributed by atoms with Crippen molar-refractivity contribution in [2.24, 2.45) is 16.7 Å². The fraction of sp³-hybridized carbons (Fsp3) is 0.562. The predicted molar refractivity (Wildman–Crippen MR) is 81.7 cm³/mol. The van der Waals surface area contributed by atoms with Gasteiger partial charge in [-0.1, -0.05) is 27.7 Å².